The molecule has 1 nitrogen and oxygen atoms in total. The van der Waals surface area contributed by atoms with Crippen LogP contribution in [0.2, 0.25) is 0 Å². The third-order valence-corrected chi connectivity index (χ3v) is 3.12. The second-order valence-corrected chi connectivity index (χ2v) is 4.47. The van der Waals surface area contributed by atoms with Gasteiger partial charge < -0.3 is 5.32 Å². The van der Waals surface area contributed by atoms with Crippen molar-refractivity contribution < 1.29 is 4.39 Å². The van der Waals surface area contributed by atoms with E-state index in [1.165, 1.54) is 17.7 Å². The van der Waals surface area contributed by atoms with Crippen molar-refractivity contribution in [3.05, 3.63) is 65.5 Å². The SMILES string of the molecule is CCc1ccc(NC(C)c2ccc(F)cc2)cc1. The molecule has 0 amide bonds. The summed E-state index contributed by atoms with van der Waals surface area (Å²) in [6.45, 7) is 4.21. The highest BCUT2D eigenvalue weighted by Gasteiger charge is 2.05. The van der Waals surface area contributed by atoms with Gasteiger partial charge in [0.1, 0.15) is 5.82 Å². The van der Waals surface area contributed by atoms with E-state index < -0.39 is 0 Å². The molecule has 1 unspecified atom stereocenters. The van der Waals surface area contributed by atoms with Gasteiger partial charge in [-0.05, 0) is 48.7 Å². The van der Waals surface area contributed by atoms with Crippen molar-refractivity contribution in [2.24, 2.45) is 0 Å². The number of aryl methyl sites for hydroxylation is 1. The molecule has 0 aliphatic carbocycles. The maximum Gasteiger partial charge on any atom is 0.123 e. The maximum atomic E-state index is 12.8. The lowest BCUT2D eigenvalue weighted by Gasteiger charge is -2.16. The summed E-state index contributed by atoms with van der Waals surface area (Å²) in [4.78, 5) is 0. The molecule has 2 aromatic carbocycles. The van der Waals surface area contributed by atoms with Gasteiger partial charge in [-0.1, -0.05) is 31.2 Å². The van der Waals surface area contributed by atoms with Crippen LogP contribution in [0.5, 0.6) is 0 Å². The van der Waals surface area contributed by atoms with E-state index in [2.05, 4.69) is 43.4 Å². The first-order valence-electron chi connectivity index (χ1n) is 6.30. The van der Waals surface area contributed by atoms with Gasteiger partial charge in [-0.15, -0.1) is 0 Å². The quantitative estimate of drug-likeness (QED) is 0.830. The van der Waals surface area contributed by atoms with Crippen molar-refractivity contribution in [1.82, 2.24) is 0 Å². The minimum absolute atomic E-state index is 0.165. The van der Waals surface area contributed by atoms with E-state index in [4.69, 9.17) is 0 Å². The number of nitrogens with one attached hydrogen (secondary N) is 1. The van der Waals surface area contributed by atoms with Crippen LogP contribution in [0.15, 0.2) is 48.5 Å². The fourth-order valence-electron chi connectivity index (χ4n) is 1.92. The fourth-order valence-corrected chi connectivity index (χ4v) is 1.92. The Hall–Kier alpha value is -1.83. The lowest BCUT2D eigenvalue weighted by molar-refractivity contribution is 0.626. The zero-order valence-electron chi connectivity index (χ0n) is 10.8. The molecule has 18 heavy (non-hydrogen) atoms. The van der Waals surface area contributed by atoms with Crippen molar-refractivity contribution in [3.8, 4) is 0 Å². The Morgan fingerprint density at radius 2 is 1.61 bits per heavy atom. The minimum Gasteiger partial charge on any atom is -0.379 e. The summed E-state index contributed by atoms with van der Waals surface area (Å²) in [6, 6.07) is 15.2. The van der Waals surface area contributed by atoms with Crippen LogP contribution in [0, 0.1) is 5.82 Å². The standard InChI is InChI=1S/C16H18FN/c1-3-13-4-10-16(11-5-13)18-12(2)14-6-8-15(17)9-7-14/h4-12,18H,3H2,1-2H3. The van der Waals surface area contributed by atoms with Crippen LogP contribution in [0.3, 0.4) is 0 Å². The number of anilines is 1. The summed E-state index contributed by atoms with van der Waals surface area (Å²) in [5.41, 5.74) is 3.50. The number of benzene rings is 2. The van der Waals surface area contributed by atoms with Crippen molar-refractivity contribution in [2.75, 3.05) is 5.32 Å². The Bertz CT molecular complexity index is 488. The van der Waals surface area contributed by atoms with Crippen LogP contribution in [0.25, 0.3) is 0 Å². The molecule has 0 saturated carbocycles. The average molecular weight is 243 g/mol. The molecule has 0 bridgehead atoms. The van der Waals surface area contributed by atoms with Crippen LogP contribution in [-0.2, 0) is 6.42 Å². The number of hydrogen-bond acceptors (Lipinski definition) is 1. The summed E-state index contributed by atoms with van der Waals surface area (Å²) in [6.07, 6.45) is 1.05. The molecule has 0 radical (unpaired) electrons. The van der Waals surface area contributed by atoms with Crippen LogP contribution in [-0.4, -0.2) is 0 Å². The largest absolute Gasteiger partial charge is 0.379 e. The number of rotatable bonds is 4. The highest BCUT2D eigenvalue weighted by molar-refractivity contribution is 5.46. The van der Waals surface area contributed by atoms with Crippen LogP contribution in [0.4, 0.5) is 10.1 Å². The normalized spacial score (nSPS) is 12.2. The van der Waals surface area contributed by atoms with E-state index in [0.29, 0.717) is 0 Å². The van der Waals surface area contributed by atoms with Gasteiger partial charge in [0.15, 0.2) is 0 Å². The Morgan fingerprint density at radius 3 is 2.17 bits per heavy atom. The predicted molar refractivity (Wildman–Crippen MR) is 74.3 cm³/mol. The molecular weight excluding hydrogens is 225 g/mol. The van der Waals surface area contributed by atoms with Gasteiger partial charge in [0, 0.05) is 11.7 Å². The molecule has 0 saturated heterocycles. The van der Waals surface area contributed by atoms with Gasteiger partial charge in [-0.3, -0.25) is 0 Å². The Morgan fingerprint density at radius 1 is 1.00 bits per heavy atom. The van der Waals surface area contributed by atoms with Gasteiger partial charge in [0.05, 0.1) is 0 Å². The third-order valence-electron chi connectivity index (χ3n) is 3.12. The molecule has 1 atom stereocenters. The Labute approximate surface area is 108 Å². The lowest BCUT2D eigenvalue weighted by Crippen LogP contribution is -2.06. The summed E-state index contributed by atoms with van der Waals surface area (Å²) >= 11 is 0. The first-order valence-corrected chi connectivity index (χ1v) is 6.30. The monoisotopic (exact) mass is 243 g/mol. The van der Waals surface area contributed by atoms with Crippen molar-refractivity contribution in [3.63, 3.8) is 0 Å². The smallest absolute Gasteiger partial charge is 0.123 e. The first kappa shape index (κ1) is 12.6. The summed E-state index contributed by atoms with van der Waals surface area (Å²) in [7, 11) is 0. The van der Waals surface area contributed by atoms with Gasteiger partial charge in [0.25, 0.3) is 0 Å². The average Bonchev–Trinajstić information content (AvgIpc) is 2.40. The lowest BCUT2D eigenvalue weighted by atomic mass is 10.1. The number of halogens is 1. The molecule has 2 heteroatoms. The van der Waals surface area contributed by atoms with E-state index in [0.717, 1.165) is 17.7 Å². The van der Waals surface area contributed by atoms with Gasteiger partial charge in [0.2, 0.25) is 0 Å². The Kier molecular flexibility index (Phi) is 3.98. The molecule has 0 heterocycles. The summed E-state index contributed by atoms with van der Waals surface area (Å²) in [5.74, 6) is -0.196. The molecule has 2 rings (SSSR count). The molecule has 0 aliphatic heterocycles. The third kappa shape index (κ3) is 3.10. The van der Waals surface area contributed by atoms with E-state index in [1.807, 2.05) is 12.1 Å². The second-order valence-electron chi connectivity index (χ2n) is 4.47. The molecule has 0 fully saturated rings. The summed E-state index contributed by atoms with van der Waals surface area (Å²) < 4.78 is 12.8. The molecule has 0 aliphatic rings. The van der Waals surface area contributed by atoms with Gasteiger partial charge in [-0.25, -0.2) is 4.39 Å². The van der Waals surface area contributed by atoms with Crippen LogP contribution < -0.4 is 5.32 Å². The topological polar surface area (TPSA) is 12.0 Å². The minimum atomic E-state index is -0.196. The van der Waals surface area contributed by atoms with E-state index >= 15 is 0 Å². The van der Waals surface area contributed by atoms with Crippen LogP contribution in [0.1, 0.15) is 31.0 Å². The van der Waals surface area contributed by atoms with E-state index in [1.54, 1.807) is 0 Å². The van der Waals surface area contributed by atoms with E-state index in [-0.39, 0.29) is 11.9 Å². The predicted octanol–water partition coefficient (Wildman–Crippen LogP) is 4.56. The van der Waals surface area contributed by atoms with Crippen molar-refractivity contribution >= 4 is 5.69 Å². The zero-order valence-corrected chi connectivity index (χ0v) is 10.8. The van der Waals surface area contributed by atoms with Crippen LogP contribution >= 0.6 is 0 Å². The number of hydrogen-bond donors (Lipinski definition) is 1. The van der Waals surface area contributed by atoms with Crippen molar-refractivity contribution in [2.45, 2.75) is 26.3 Å². The highest BCUT2D eigenvalue weighted by Crippen LogP contribution is 2.19. The maximum absolute atomic E-state index is 12.8. The van der Waals surface area contributed by atoms with E-state index in [9.17, 15) is 4.39 Å². The molecular formula is C16H18FN. The molecule has 0 aromatic heterocycles. The second kappa shape index (κ2) is 5.67. The highest BCUT2D eigenvalue weighted by atomic mass is 19.1. The molecule has 0 spiro atoms. The first-order chi connectivity index (χ1) is 8.69. The zero-order chi connectivity index (χ0) is 13.0. The molecule has 1 N–H and O–H groups in total. The van der Waals surface area contributed by atoms with Gasteiger partial charge in [-0.2, -0.15) is 0 Å². The van der Waals surface area contributed by atoms with Crippen molar-refractivity contribution in [1.29, 1.82) is 0 Å². The molecule has 2 aromatic rings. The van der Waals surface area contributed by atoms with Gasteiger partial charge >= 0.3 is 0 Å². The molecule has 94 valence electrons. The Balaban J connectivity index is 2.05. The summed E-state index contributed by atoms with van der Waals surface area (Å²) in [5, 5.41) is 3.41. The fraction of sp³-hybridized carbons (Fsp3) is 0.250.